The lowest BCUT2D eigenvalue weighted by Gasteiger charge is -2.12. The van der Waals surface area contributed by atoms with Gasteiger partial charge in [-0.15, -0.1) is 0 Å². The van der Waals surface area contributed by atoms with E-state index in [9.17, 15) is 18.0 Å². The lowest BCUT2D eigenvalue weighted by atomic mass is 10.1. The molecule has 0 spiro atoms. The average molecular weight is 675 g/mol. The quantitative estimate of drug-likeness (QED) is 0.132. The van der Waals surface area contributed by atoms with Gasteiger partial charge in [0.05, 0.1) is 26.3 Å². The third-order valence-electron chi connectivity index (χ3n) is 6.74. The van der Waals surface area contributed by atoms with E-state index in [4.69, 9.17) is 4.74 Å². The van der Waals surface area contributed by atoms with Crippen molar-refractivity contribution >= 4 is 50.5 Å². The first kappa shape index (κ1) is 27.6. The molecule has 0 N–H and O–H groups in total. The van der Waals surface area contributed by atoms with E-state index in [-0.39, 0.29) is 11.4 Å². The molecule has 9 heteroatoms. The molecule has 0 unspecified atom stereocenters. The number of fused-ring (bicyclic) bond motifs is 2. The minimum Gasteiger partial charge on any atom is -0.488 e. The molecule has 0 fully saturated rings. The zero-order chi connectivity index (χ0) is 29.3. The van der Waals surface area contributed by atoms with E-state index in [2.05, 4.69) is 50.9 Å². The van der Waals surface area contributed by atoms with Gasteiger partial charge < -0.3 is 4.74 Å². The maximum absolute atomic E-state index is 13.4. The zero-order valence-corrected chi connectivity index (χ0v) is 24.0. The molecule has 5 nitrogen and oxygen atoms in total. The number of benzene rings is 5. The molecule has 0 aliphatic carbocycles. The van der Waals surface area contributed by atoms with Crippen molar-refractivity contribution in [1.82, 2.24) is 9.66 Å². The molecule has 0 amide bonds. The highest BCUT2D eigenvalue weighted by Crippen LogP contribution is 2.32. The van der Waals surface area contributed by atoms with Gasteiger partial charge in [-0.3, -0.25) is 4.79 Å². The molecule has 0 radical (unpaired) electrons. The van der Waals surface area contributed by atoms with Crippen molar-refractivity contribution in [3.63, 3.8) is 0 Å². The fourth-order valence-corrected chi connectivity index (χ4v) is 5.36. The van der Waals surface area contributed by atoms with Crippen LogP contribution in [0.3, 0.4) is 0 Å². The van der Waals surface area contributed by atoms with Gasteiger partial charge in [-0.25, -0.2) is 4.98 Å². The Balaban J connectivity index is 1.32. The SMILES string of the molecule is O=c1c2ccccc2nc(-c2cccc(C(F)(F)F)c2)n1N=Cc1ccc(OCc2cccc3ccccc23)c(I)c1. The number of aromatic nitrogens is 2. The molecule has 5 aromatic carbocycles. The van der Waals surface area contributed by atoms with Gasteiger partial charge in [0.25, 0.3) is 5.56 Å². The molecule has 0 bridgehead atoms. The lowest BCUT2D eigenvalue weighted by Crippen LogP contribution is -2.20. The number of rotatable bonds is 6. The van der Waals surface area contributed by atoms with Crippen LogP contribution in [0, 0.1) is 3.57 Å². The Kier molecular flexibility index (Phi) is 7.51. The van der Waals surface area contributed by atoms with E-state index in [0.717, 1.165) is 36.7 Å². The first-order valence-corrected chi connectivity index (χ1v) is 14.0. The van der Waals surface area contributed by atoms with Crippen LogP contribution >= 0.6 is 22.6 Å². The first-order chi connectivity index (χ1) is 20.3. The normalized spacial score (nSPS) is 11.9. The van der Waals surface area contributed by atoms with E-state index in [1.807, 2.05) is 36.4 Å². The largest absolute Gasteiger partial charge is 0.488 e. The van der Waals surface area contributed by atoms with E-state index in [1.165, 1.54) is 18.3 Å². The Morgan fingerprint density at radius 3 is 2.40 bits per heavy atom. The summed E-state index contributed by atoms with van der Waals surface area (Å²) in [4.78, 5) is 17.9. The number of ether oxygens (including phenoxy) is 1. The van der Waals surface area contributed by atoms with E-state index in [1.54, 1.807) is 30.3 Å². The number of alkyl halides is 3. The van der Waals surface area contributed by atoms with Crippen molar-refractivity contribution in [3.8, 4) is 17.1 Å². The fourth-order valence-electron chi connectivity index (χ4n) is 4.66. The highest BCUT2D eigenvalue weighted by Gasteiger charge is 2.31. The van der Waals surface area contributed by atoms with Crippen molar-refractivity contribution in [2.24, 2.45) is 5.10 Å². The first-order valence-electron chi connectivity index (χ1n) is 12.9. The van der Waals surface area contributed by atoms with Crippen molar-refractivity contribution < 1.29 is 17.9 Å². The number of para-hydroxylation sites is 1. The van der Waals surface area contributed by atoms with Gasteiger partial charge in [-0.05, 0) is 87.0 Å². The fraction of sp³-hybridized carbons (Fsp3) is 0.0606. The molecule has 1 heterocycles. The van der Waals surface area contributed by atoms with Gasteiger partial charge in [0.15, 0.2) is 5.82 Å². The van der Waals surface area contributed by atoms with Crippen molar-refractivity contribution in [2.45, 2.75) is 12.8 Å². The predicted octanol–water partition coefficient (Wildman–Crippen LogP) is 8.30. The Morgan fingerprint density at radius 1 is 0.857 bits per heavy atom. The minimum absolute atomic E-state index is 0.00536. The van der Waals surface area contributed by atoms with Gasteiger partial charge >= 0.3 is 6.18 Å². The highest BCUT2D eigenvalue weighted by molar-refractivity contribution is 14.1. The summed E-state index contributed by atoms with van der Waals surface area (Å²) in [5.74, 6) is 0.695. The second-order valence-electron chi connectivity index (χ2n) is 9.51. The summed E-state index contributed by atoms with van der Waals surface area (Å²) in [6, 6.07) is 31.1. The molecule has 0 saturated heterocycles. The van der Waals surface area contributed by atoms with Gasteiger partial charge in [0, 0.05) is 5.56 Å². The van der Waals surface area contributed by atoms with Gasteiger partial charge in [-0.2, -0.15) is 22.9 Å². The minimum atomic E-state index is -4.55. The van der Waals surface area contributed by atoms with E-state index < -0.39 is 17.3 Å². The molecule has 0 atom stereocenters. The number of hydrogen-bond acceptors (Lipinski definition) is 4. The molecule has 6 rings (SSSR count). The van der Waals surface area contributed by atoms with Gasteiger partial charge in [0.2, 0.25) is 0 Å². The van der Waals surface area contributed by atoms with Crippen LogP contribution in [0.5, 0.6) is 5.75 Å². The summed E-state index contributed by atoms with van der Waals surface area (Å²) >= 11 is 2.17. The van der Waals surface area contributed by atoms with Crippen molar-refractivity contribution in [3.05, 3.63) is 140 Å². The molecule has 42 heavy (non-hydrogen) atoms. The maximum atomic E-state index is 13.4. The average Bonchev–Trinajstić information content (AvgIpc) is 3.00. The van der Waals surface area contributed by atoms with Crippen LogP contribution in [0.2, 0.25) is 0 Å². The Bertz CT molecular complexity index is 2030. The third kappa shape index (κ3) is 5.64. The van der Waals surface area contributed by atoms with Crippen LogP contribution in [0.15, 0.2) is 119 Å². The lowest BCUT2D eigenvalue weighted by molar-refractivity contribution is -0.137. The molecule has 0 saturated carbocycles. The van der Waals surface area contributed by atoms with Crippen molar-refractivity contribution in [1.29, 1.82) is 0 Å². The van der Waals surface area contributed by atoms with Crippen molar-refractivity contribution in [2.75, 3.05) is 0 Å². The summed E-state index contributed by atoms with van der Waals surface area (Å²) in [6.45, 7) is 0.392. The van der Waals surface area contributed by atoms with Crippen LogP contribution in [0.4, 0.5) is 13.2 Å². The molecular weight excluding hydrogens is 654 g/mol. The highest BCUT2D eigenvalue weighted by atomic mass is 127. The van der Waals surface area contributed by atoms with E-state index >= 15 is 0 Å². The summed E-state index contributed by atoms with van der Waals surface area (Å²) in [6.07, 6.45) is -3.07. The standard InChI is InChI=1S/C33H21F3IN3O2/c34-33(35,36)25-11-6-9-23(18-25)31-39-29-14-4-3-13-27(29)32(41)40(31)38-19-21-15-16-30(28(37)17-21)42-20-24-10-5-8-22-7-1-2-12-26(22)24/h1-19H,20H2. The Labute approximate surface area is 252 Å². The molecular formula is C33H21F3IN3O2. The number of halogens is 4. The maximum Gasteiger partial charge on any atom is 0.416 e. The van der Waals surface area contributed by atoms with Crippen LogP contribution in [-0.4, -0.2) is 15.9 Å². The summed E-state index contributed by atoms with van der Waals surface area (Å²) in [5.41, 5.74) is 0.896. The smallest absolute Gasteiger partial charge is 0.416 e. The second-order valence-corrected chi connectivity index (χ2v) is 10.7. The monoisotopic (exact) mass is 675 g/mol. The van der Waals surface area contributed by atoms with Gasteiger partial charge in [-0.1, -0.05) is 66.7 Å². The molecule has 208 valence electrons. The van der Waals surface area contributed by atoms with Gasteiger partial charge in [0.1, 0.15) is 12.4 Å². The third-order valence-corrected chi connectivity index (χ3v) is 7.59. The Morgan fingerprint density at radius 2 is 1.60 bits per heavy atom. The predicted molar refractivity (Wildman–Crippen MR) is 167 cm³/mol. The molecule has 1 aromatic heterocycles. The second kappa shape index (κ2) is 11.4. The molecule has 0 aliphatic heterocycles. The number of nitrogens with zero attached hydrogens (tertiary/aromatic N) is 3. The molecule has 6 aromatic rings. The molecule has 0 aliphatic rings. The zero-order valence-electron chi connectivity index (χ0n) is 21.8. The van der Waals surface area contributed by atoms with Crippen LogP contribution in [0.1, 0.15) is 16.7 Å². The van der Waals surface area contributed by atoms with E-state index in [0.29, 0.717) is 28.8 Å². The van der Waals surface area contributed by atoms with Crippen LogP contribution < -0.4 is 10.3 Å². The topological polar surface area (TPSA) is 56.5 Å². The summed E-state index contributed by atoms with van der Waals surface area (Å²) in [7, 11) is 0. The summed E-state index contributed by atoms with van der Waals surface area (Å²) < 4.78 is 48.3. The Hall–Kier alpha value is -4.51. The summed E-state index contributed by atoms with van der Waals surface area (Å²) in [5, 5.41) is 6.96. The number of hydrogen-bond donors (Lipinski definition) is 0. The van der Waals surface area contributed by atoms with Crippen LogP contribution in [-0.2, 0) is 12.8 Å². The van der Waals surface area contributed by atoms with Crippen LogP contribution in [0.25, 0.3) is 33.1 Å².